The molecule has 1 heterocycles. The topological polar surface area (TPSA) is 116 Å². The molecule has 34 heavy (non-hydrogen) atoms. The van der Waals surface area contributed by atoms with E-state index in [1.54, 1.807) is 35.2 Å². The molecule has 1 aliphatic rings. The van der Waals surface area contributed by atoms with Crippen molar-refractivity contribution in [1.29, 1.82) is 5.41 Å². The second-order valence-corrected chi connectivity index (χ2v) is 9.84. The number of sulfonamides is 1. The molecule has 1 aliphatic heterocycles. The lowest BCUT2D eigenvalue weighted by molar-refractivity contribution is -0.118. The predicted octanol–water partition coefficient (Wildman–Crippen LogP) is 3.82. The van der Waals surface area contributed by atoms with E-state index in [1.807, 2.05) is 12.1 Å². The Hall–Kier alpha value is -3.72. The minimum atomic E-state index is -3.85. The summed E-state index contributed by atoms with van der Waals surface area (Å²) in [6.45, 7) is 0.607. The van der Waals surface area contributed by atoms with E-state index in [1.165, 1.54) is 12.1 Å². The number of nitrogen functional groups attached to an aromatic ring is 1. The third-order valence-corrected chi connectivity index (χ3v) is 7.17. The molecule has 1 amide bonds. The molecule has 0 saturated carbocycles. The summed E-state index contributed by atoms with van der Waals surface area (Å²) >= 11 is 0. The van der Waals surface area contributed by atoms with Gasteiger partial charge in [0.05, 0.1) is 4.90 Å². The fraction of sp³-hybridized carbons (Fsp3) is 0.200. The number of fused-ring (bicyclic) bond motifs is 1. The number of nitrogens with zero attached hydrogens (tertiary/aromatic N) is 1. The van der Waals surface area contributed by atoms with Crippen molar-refractivity contribution in [2.24, 2.45) is 5.73 Å². The maximum Gasteiger partial charge on any atom is 0.261 e. The predicted molar refractivity (Wildman–Crippen MR) is 130 cm³/mol. The standard InChI is InChI=1S/C25H25FN4O3S/c26-20-8-11-22(12-9-20)34(32,33)29-21-10-13-23-19(16-21)2-1-15-30(23)24(31)14-5-17-3-6-18(7-4-17)25(27)28/h3-4,6-13,16,29H,1-2,5,14-15H2,(H3,27,28). The number of benzene rings is 3. The van der Waals surface area contributed by atoms with Crippen molar-refractivity contribution in [2.75, 3.05) is 16.2 Å². The smallest absolute Gasteiger partial charge is 0.261 e. The highest BCUT2D eigenvalue weighted by atomic mass is 32.2. The highest BCUT2D eigenvalue weighted by Gasteiger charge is 2.23. The number of aryl methyl sites for hydroxylation is 2. The van der Waals surface area contributed by atoms with Crippen molar-refractivity contribution in [2.45, 2.75) is 30.6 Å². The molecular weight excluding hydrogens is 455 g/mol. The summed E-state index contributed by atoms with van der Waals surface area (Å²) in [5.74, 6) is -0.506. The first-order valence-electron chi connectivity index (χ1n) is 10.9. The summed E-state index contributed by atoms with van der Waals surface area (Å²) in [6, 6.07) is 17.0. The van der Waals surface area contributed by atoms with E-state index in [0.29, 0.717) is 30.6 Å². The Labute approximate surface area is 198 Å². The molecule has 0 aromatic heterocycles. The van der Waals surface area contributed by atoms with E-state index in [2.05, 4.69) is 4.72 Å². The van der Waals surface area contributed by atoms with Crippen LogP contribution < -0.4 is 15.4 Å². The number of nitrogens with two attached hydrogens (primary N) is 1. The van der Waals surface area contributed by atoms with Gasteiger partial charge in [-0.05, 0) is 72.9 Å². The first-order valence-corrected chi connectivity index (χ1v) is 12.4. The van der Waals surface area contributed by atoms with Gasteiger partial charge >= 0.3 is 0 Å². The van der Waals surface area contributed by atoms with Crippen molar-refractivity contribution < 1.29 is 17.6 Å². The first-order chi connectivity index (χ1) is 16.2. The van der Waals surface area contributed by atoms with Gasteiger partial charge < -0.3 is 10.6 Å². The van der Waals surface area contributed by atoms with Crippen LogP contribution >= 0.6 is 0 Å². The summed E-state index contributed by atoms with van der Waals surface area (Å²) in [4.78, 5) is 14.7. The molecule has 7 nitrogen and oxygen atoms in total. The Bertz CT molecular complexity index is 1320. The van der Waals surface area contributed by atoms with Crippen LogP contribution in [0.2, 0.25) is 0 Å². The van der Waals surface area contributed by atoms with Gasteiger partial charge in [0, 0.05) is 29.9 Å². The van der Waals surface area contributed by atoms with Gasteiger partial charge in [0.2, 0.25) is 5.91 Å². The molecule has 0 unspecified atom stereocenters. The van der Waals surface area contributed by atoms with E-state index in [0.717, 1.165) is 41.8 Å². The zero-order chi connectivity index (χ0) is 24.3. The van der Waals surface area contributed by atoms with E-state index in [-0.39, 0.29) is 16.6 Å². The number of amides is 1. The van der Waals surface area contributed by atoms with Gasteiger partial charge in [-0.15, -0.1) is 0 Å². The largest absolute Gasteiger partial charge is 0.384 e. The summed E-state index contributed by atoms with van der Waals surface area (Å²) in [5, 5.41) is 7.46. The third-order valence-electron chi connectivity index (χ3n) is 5.77. The Kier molecular flexibility index (Phi) is 6.65. The lowest BCUT2D eigenvalue weighted by Gasteiger charge is -2.30. The summed E-state index contributed by atoms with van der Waals surface area (Å²) in [7, 11) is -3.85. The summed E-state index contributed by atoms with van der Waals surface area (Å²) in [6.07, 6.45) is 2.41. The van der Waals surface area contributed by atoms with Gasteiger partial charge in [0.1, 0.15) is 11.7 Å². The molecule has 3 aromatic rings. The molecule has 9 heteroatoms. The van der Waals surface area contributed by atoms with E-state index < -0.39 is 15.8 Å². The van der Waals surface area contributed by atoms with Gasteiger partial charge in [-0.3, -0.25) is 14.9 Å². The molecule has 0 radical (unpaired) electrons. The number of anilines is 2. The van der Waals surface area contributed by atoms with Gasteiger partial charge in [0.15, 0.2) is 0 Å². The van der Waals surface area contributed by atoms with Crippen LogP contribution in [0.3, 0.4) is 0 Å². The van der Waals surface area contributed by atoms with Crippen molar-refractivity contribution in [3.63, 3.8) is 0 Å². The number of hydrogen-bond donors (Lipinski definition) is 3. The second kappa shape index (κ2) is 9.64. The van der Waals surface area contributed by atoms with Crippen molar-refractivity contribution in [1.82, 2.24) is 0 Å². The van der Waals surface area contributed by atoms with Crippen LogP contribution in [0.4, 0.5) is 15.8 Å². The molecule has 0 fully saturated rings. The van der Waals surface area contributed by atoms with Crippen LogP contribution in [-0.2, 0) is 27.7 Å². The second-order valence-electron chi connectivity index (χ2n) is 8.16. The fourth-order valence-corrected chi connectivity index (χ4v) is 5.03. The number of carbonyl (C=O) groups excluding carboxylic acids is 1. The van der Waals surface area contributed by atoms with Crippen molar-refractivity contribution in [3.8, 4) is 0 Å². The van der Waals surface area contributed by atoms with Crippen LogP contribution in [0.25, 0.3) is 0 Å². The number of carbonyl (C=O) groups is 1. The highest BCUT2D eigenvalue weighted by Crippen LogP contribution is 2.31. The quantitative estimate of drug-likeness (QED) is 0.352. The maximum atomic E-state index is 13.1. The van der Waals surface area contributed by atoms with Crippen LogP contribution in [0, 0.1) is 11.2 Å². The van der Waals surface area contributed by atoms with Crippen LogP contribution in [0.5, 0.6) is 0 Å². The first kappa shape index (κ1) is 23.4. The van der Waals surface area contributed by atoms with Gasteiger partial charge in [-0.2, -0.15) is 0 Å². The SMILES string of the molecule is N=C(N)c1ccc(CCC(=O)N2CCCc3cc(NS(=O)(=O)c4ccc(F)cc4)ccc32)cc1. The van der Waals surface area contributed by atoms with E-state index in [4.69, 9.17) is 11.1 Å². The fourth-order valence-electron chi connectivity index (χ4n) is 3.98. The monoisotopic (exact) mass is 480 g/mol. The molecule has 176 valence electrons. The molecule has 0 saturated heterocycles. The Morgan fingerprint density at radius 1 is 1.06 bits per heavy atom. The molecule has 0 aliphatic carbocycles. The lowest BCUT2D eigenvalue weighted by atomic mass is 10.00. The number of hydrogen-bond acceptors (Lipinski definition) is 4. The zero-order valence-electron chi connectivity index (χ0n) is 18.4. The normalized spacial score (nSPS) is 13.3. The average molecular weight is 481 g/mol. The molecule has 3 aromatic carbocycles. The average Bonchev–Trinajstić information content (AvgIpc) is 2.82. The Morgan fingerprint density at radius 2 is 1.76 bits per heavy atom. The highest BCUT2D eigenvalue weighted by molar-refractivity contribution is 7.92. The maximum absolute atomic E-state index is 13.1. The van der Waals surface area contributed by atoms with E-state index in [9.17, 15) is 17.6 Å². The van der Waals surface area contributed by atoms with Gasteiger partial charge in [-0.25, -0.2) is 12.8 Å². The number of nitrogens with one attached hydrogen (secondary N) is 2. The lowest BCUT2D eigenvalue weighted by Crippen LogP contribution is -2.35. The van der Waals surface area contributed by atoms with Gasteiger partial charge in [-0.1, -0.05) is 24.3 Å². The zero-order valence-corrected chi connectivity index (χ0v) is 19.2. The molecule has 0 spiro atoms. The number of halogens is 1. The molecular formula is C25H25FN4O3S. The van der Waals surface area contributed by atoms with Crippen molar-refractivity contribution >= 4 is 33.1 Å². The van der Waals surface area contributed by atoms with Crippen LogP contribution in [0.15, 0.2) is 71.6 Å². The van der Waals surface area contributed by atoms with Crippen molar-refractivity contribution in [3.05, 3.63) is 89.2 Å². The van der Waals surface area contributed by atoms with E-state index >= 15 is 0 Å². The Morgan fingerprint density at radius 3 is 2.44 bits per heavy atom. The molecule has 4 rings (SSSR count). The third kappa shape index (κ3) is 5.26. The molecule has 4 N–H and O–H groups in total. The summed E-state index contributed by atoms with van der Waals surface area (Å²) < 4.78 is 40.9. The van der Waals surface area contributed by atoms with Gasteiger partial charge in [0.25, 0.3) is 10.0 Å². The summed E-state index contributed by atoms with van der Waals surface area (Å²) in [5.41, 5.74) is 9.18. The number of rotatable bonds is 7. The molecule has 0 atom stereocenters. The minimum Gasteiger partial charge on any atom is -0.384 e. The number of amidine groups is 1. The van der Waals surface area contributed by atoms with Crippen LogP contribution in [0.1, 0.15) is 29.5 Å². The Balaban J connectivity index is 1.45. The molecule has 0 bridgehead atoms. The minimum absolute atomic E-state index is 0.00348. The van der Waals surface area contributed by atoms with Crippen LogP contribution in [-0.4, -0.2) is 26.7 Å².